The first kappa shape index (κ1) is 28.1. The number of rotatable bonds is 3. The number of fused-ring (bicyclic) bond motifs is 11. The molecule has 51 heavy (non-hydrogen) atoms. The van der Waals surface area contributed by atoms with Crippen LogP contribution in [-0.4, -0.2) is 4.40 Å². The average molecular weight is 648 g/mol. The molecule has 0 amide bonds. The Morgan fingerprint density at radius 3 is 1.51 bits per heavy atom. The Morgan fingerprint density at radius 2 is 0.843 bits per heavy atom. The van der Waals surface area contributed by atoms with Crippen LogP contribution in [0.25, 0.3) is 104 Å². The Balaban J connectivity index is 1.51. The Bertz CT molecular complexity index is 3120. The molecule has 2 heterocycles. The van der Waals surface area contributed by atoms with E-state index in [0.717, 1.165) is 82.5 Å². The summed E-state index contributed by atoms with van der Waals surface area (Å²) in [6.45, 7) is 0. The van der Waals surface area contributed by atoms with Crippen LogP contribution in [0.3, 0.4) is 0 Å². The lowest BCUT2D eigenvalue weighted by atomic mass is 9.86. The second kappa shape index (κ2) is 10.6. The van der Waals surface area contributed by atoms with Gasteiger partial charge in [0.25, 0.3) is 5.56 Å². The lowest BCUT2D eigenvalue weighted by molar-refractivity contribution is 1.14. The molecule has 0 atom stereocenters. The van der Waals surface area contributed by atoms with Gasteiger partial charge in [-0.05, 0) is 60.3 Å². The van der Waals surface area contributed by atoms with Crippen LogP contribution in [-0.2, 0) is 0 Å². The Kier molecular flexibility index (Phi) is 5.85. The van der Waals surface area contributed by atoms with E-state index in [1.54, 1.807) is 0 Å². The topological polar surface area (TPSA) is 21.5 Å². The molecule has 2 aromatic heterocycles. The zero-order chi connectivity index (χ0) is 33.6. The molecule has 2 nitrogen and oxygen atoms in total. The molecule has 0 bridgehead atoms. The van der Waals surface area contributed by atoms with E-state index in [1.807, 2.05) is 6.07 Å². The molecule has 11 rings (SSSR count). The van der Waals surface area contributed by atoms with Crippen molar-refractivity contribution in [2.24, 2.45) is 0 Å². The van der Waals surface area contributed by atoms with Crippen molar-refractivity contribution in [1.29, 1.82) is 0 Å². The highest BCUT2D eigenvalue weighted by atomic mass is 16.1. The van der Waals surface area contributed by atoms with Crippen LogP contribution in [0.1, 0.15) is 0 Å². The standard InChI is InChI=1S/C49H29NO/c51-49-44-36-25-13-12-24-35(36)40(31-17-4-1-5-18-31)45-42-34-23-11-10-16-30(34)28-29-39(42)43(46(44)45)48-38-27-15-14-26-37(38)41(32-19-6-2-7-20-32)47(50(48)49)33-21-8-3-9-22-33/h1-29H. The van der Waals surface area contributed by atoms with E-state index in [4.69, 9.17) is 0 Å². The van der Waals surface area contributed by atoms with Crippen LogP contribution in [0, 0.1) is 0 Å². The third-order valence-corrected chi connectivity index (χ3v) is 10.9. The number of nitrogens with zero attached hydrogens (tertiary/aromatic N) is 1. The molecule has 2 heteroatoms. The van der Waals surface area contributed by atoms with E-state index in [-0.39, 0.29) is 5.56 Å². The first-order chi connectivity index (χ1) is 25.3. The molecule has 0 fully saturated rings. The third kappa shape index (κ3) is 3.79. The fourth-order valence-electron chi connectivity index (χ4n) is 8.90. The van der Waals surface area contributed by atoms with Crippen LogP contribution in [0.15, 0.2) is 181 Å². The first-order valence-corrected chi connectivity index (χ1v) is 17.5. The van der Waals surface area contributed by atoms with E-state index in [2.05, 4.69) is 174 Å². The summed E-state index contributed by atoms with van der Waals surface area (Å²) in [4.78, 5) is 15.9. The smallest absolute Gasteiger partial charge is 0.264 e. The Hall–Kier alpha value is -6.77. The van der Waals surface area contributed by atoms with Crippen molar-refractivity contribution in [2.45, 2.75) is 0 Å². The number of hydrogen-bond acceptors (Lipinski definition) is 1. The van der Waals surface area contributed by atoms with Gasteiger partial charge in [0.05, 0.1) is 16.6 Å². The van der Waals surface area contributed by atoms with Gasteiger partial charge in [0, 0.05) is 27.5 Å². The minimum atomic E-state index is -0.000268. The predicted molar refractivity (Wildman–Crippen MR) is 214 cm³/mol. The van der Waals surface area contributed by atoms with Gasteiger partial charge in [-0.25, -0.2) is 0 Å². The molecule has 8 aromatic carbocycles. The number of aromatic nitrogens is 1. The molecule has 1 aliphatic carbocycles. The highest BCUT2D eigenvalue weighted by Gasteiger charge is 2.34. The molecule has 0 unspecified atom stereocenters. The summed E-state index contributed by atoms with van der Waals surface area (Å²) in [5, 5.41) is 8.43. The summed E-state index contributed by atoms with van der Waals surface area (Å²) in [7, 11) is 0. The van der Waals surface area contributed by atoms with Gasteiger partial charge in [0.2, 0.25) is 0 Å². The summed E-state index contributed by atoms with van der Waals surface area (Å²) in [6.07, 6.45) is 0. The van der Waals surface area contributed by atoms with Gasteiger partial charge in [-0.1, -0.05) is 176 Å². The van der Waals surface area contributed by atoms with Crippen LogP contribution >= 0.6 is 0 Å². The number of pyridine rings is 2. The van der Waals surface area contributed by atoms with E-state index in [0.29, 0.717) is 0 Å². The van der Waals surface area contributed by atoms with E-state index >= 15 is 4.79 Å². The van der Waals surface area contributed by atoms with Crippen molar-refractivity contribution in [2.75, 3.05) is 0 Å². The number of hydrogen-bond donors (Lipinski definition) is 0. The van der Waals surface area contributed by atoms with Gasteiger partial charge >= 0.3 is 0 Å². The molecule has 0 N–H and O–H groups in total. The third-order valence-electron chi connectivity index (χ3n) is 10.9. The van der Waals surface area contributed by atoms with Crippen LogP contribution in [0.2, 0.25) is 0 Å². The molecule has 0 saturated carbocycles. The monoisotopic (exact) mass is 647 g/mol. The predicted octanol–water partition coefficient (Wildman–Crippen LogP) is 12.6. The molecule has 0 radical (unpaired) electrons. The summed E-state index contributed by atoms with van der Waals surface area (Å²) in [5.41, 5.74) is 11.9. The quantitative estimate of drug-likeness (QED) is 0.138. The highest BCUT2D eigenvalue weighted by Crippen LogP contribution is 2.58. The van der Waals surface area contributed by atoms with Crippen LogP contribution < -0.4 is 5.56 Å². The molecular weight excluding hydrogens is 619 g/mol. The van der Waals surface area contributed by atoms with Gasteiger partial charge in [-0.15, -0.1) is 0 Å². The fourth-order valence-corrected chi connectivity index (χ4v) is 8.90. The molecule has 0 saturated heterocycles. The van der Waals surface area contributed by atoms with Crippen molar-refractivity contribution in [3.05, 3.63) is 186 Å². The normalized spacial score (nSPS) is 12.0. The summed E-state index contributed by atoms with van der Waals surface area (Å²) in [6, 6.07) is 62.0. The highest BCUT2D eigenvalue weighted by molar-refractivity contribution is 6.35. The second-order valence-corrected chi connectivity index (χ2v) is 13.5. The maximum Gasteiger partial charge on any atom is 0.264 e. The molecular formula is C49H29NO. The zero-order valence-corrected chi connectivity index (χ0v) is 27.6. The van der Waals surface area contributed by atoms with Crippen molar-refractivity contribution in [3.63, 3.8) is 0 Å². The van der Waals surface area contributed by atoms with Gasteiger partial charge in [-0.2, -0.15) is 0 Å². The Labute approximate surface area is 294 Å². The van der Waals surface area contributed by atoms with Crippen LogP contribution in [0.4, 0.5) is 0 Å². The van der Waals surface area contributed by atoms with E-state index < -0.39 is 0 Å². The molecule has 10 aromatic rings. The van der Waals surface area contributed by atoms with Crippen molar-refractivity contribution in [3.8, 4) is 55.8 Å². The average Bonchev–Trinajstić information content (AvgIpc) is 3.54. The summed E-state index contributed by atoms with van der Waals surface area (Å²) in [5.74, 6) is 0. The maximum atomic E-state index is 15.9. The minimum Gasteiger partial charge on any atom is -0.274 e. The second-order valence-electron chi connectivity index (χ2n) is 13.5. The zero-order valence-electron chi connectivity index (χ0n) is 27.6. The maximum absolute atomic E-state index is 15.9. The first-order valence-electron chi connectivity index (χ1n) is 17.5. The van der Waals surface area contributed by atoms with Gasteiger partial charge < -0.3 is 0 Å². The molecule has 0 spiro atoms. The largest absolute Gasteiger partial charge is 0.274 e. The van der Waals surface area contributed by atoms with Crippen molar-refractivity contribution in [1.82, 2.24) is 4.40 Å². The van der Waals surface area contributed by atoms with Crippen molar-refractivity contribution < 1.29 is 0 Å². The number of benzene rings is 8. The van der Waals surface area contributed by atoms with Gasteiger partial charge in [0.15, 0.2) is 0 Å². The van der Waals surface area contributed by atoms with Gasteiger partial charge in [0.1, 0.15) is 0 Å². The summed E-state index contributed by atoms with van der Waals surface area (Å²) >= 11 is 0. The van der Waals surface area contributed by atoms with Crippen LogP contribution in [0.5, 0.6) is 0 Å². The molecule has 1 aliphatic rings. The fraction of sp³-hybridized carbons (Fsp3) is 0. The molecule has 0 aliphatic heterocycles. The lowest BCUT2D eigenvalue weighted by Crippen LogP contribution is -2.18. The van der Waals surface area contributed by atoms with E-state index in [1.165, 1.54) is 21.9 Å². The minimum absolute atomic E-state index is 0.000268. The van der Waals surface area contributed by atoms with Crippen molar-refractivity contribution >= 4 is 48.6 Å². The van der Waals surface area contributed by atoms with Gasteiger partial charge in [-0.3, -0.25) is 9.20 Å². The van der Waals surface area contributed by atoms with E-state index in [9.17, 15) is 0 Å². The summed E-state index contributed by atoms with van der Waals surface area (Å²) < 4.78 is 2.06. The Morgan fingerprint density at radius 1 is 0.333 bits per heavy atom. The molecule has 236 valence electrons. The lowest BCUT2D eigenvalue weighted by Gasteiger charge is -2.22. The SMILES string of the molecule is O=c1c2c3c(c(-c4ccccc4)c4ccccc42)-c2c(ccc4ccccc24)-c3c2c3ccccc3c(-c3ccccc3)c(-c3ccccc3)n12.